The maximum absolute atomic E-state index is 11.2. The van der Waals surface area contributed by atoms with Gasteiger partial charge in [-0.3, -0.25) is 0 Å². The third kappa shape index (κ3) is 3.44. The average molecular weight is 226 g/mol. The van der Waals surface area contributed by atoms with Gasteiger partial charge >= 0.3 is 0 Å². The van der Waals surface area contributed by atoms with Crippen molar-refractivity contribution >= 4 is 21.6 Å². The van der Waals surface area contributed by atoms with Crippen LogP contribution < -0.4 is 4.72 Å². The van der Waals surface area contributed by atoms with Gasteiger partial charge in [0.1, 0.15) is 0 Å². The number of hydrogen-bond acceptors (Lipinski definition) is 2. The highest BCUT2D eigenvalue weighted by atomic mass is 35.5. The fourth-order valence-corrected chi connectivity index (χ4v) is 2.94. The van der Waals surface area contributed by atoms with Gasteiger partial charge in [-0.15, -0.1) is 11.6 Å². The number of sulfonamides is 1. The lowest BCUT2D eigenvalue weighted by atomic mass is 9.71. The second-order valence-corrected chi connectivity index (χ2v) is 6.30. The Morgan fingerprint density at radius 2 is 2.08 bits per heavy atom. The Morgan fingerprint density at radius 1 is 1.46 bits per heavy atom. The van der Waals surface area contributed by atoms with Crippen molar-refractivity contribution in [2.45, 2.75) is 26.2 Å². The SMILES string of the molecule is CC1(CNS(=O)(=O)CCCl)CCC1. The second-order valence-electron chi connectivity index (χ2n) is 3.99. The highest BCUT2D eigenvalue weighted by Crippen LogP contribution is 2.39. The van der Waals surface area contributed by atoms with E-state index in [1.54, 1.807) is 0 Å². The van der Waals surface area contributed by atoms with Crippen LogP contribution in [0.4, 0.5) is 0 Å². The summed E-state index contributed by atoms with van der Waals surface area (Å²) < 4.78 is 25.0. The predicted molar refractivity (Wildman–Crippen MR) is 54.5 cm³/mol. The van der Waals surface area contributed by atoms with Crippen molar-refractivity contribution < 1.29 is 8.42 Å². The third-order valence-electron chi connectivity index (χ3n) is 2.63. The molecule has 5 heteroatoms. The van der Waals surface area contributed by atoms with E-state index in [9.17, 15) is 8.42 Å². The maximum Gasteiger partial charge on any atom is 0.212 e. The molecular weight excluding hydrogens is 210 g/mol. The van der Waals surface area contributed by atoms with Crippen molar-refractivity contribution in [3.05, 3.63) is 0 Å². The molecule has 0 aromatic heterocycles. The van der Waals surface area contributed by atoms with Crippen LogP contribution in [-0.2, 0) is 10.0 Å². The van der Waals surface area contributed by atoms with Crippen LogP contribution in [0.25, 0.3) is 0 Å². The van der Waals surface area contributed by atoms with Gasteiger partial charge in [-0.25, -0.2) is 13.1 Å². The van der Waals surface area contributed by atoms with Crippen molar-refractivity contribution in [1.82, 2.24) is 4.72 Å². The summed E-state index contributed by atoms with van der Waals surface area (Å²) >= 11 is 5.36. The molecule has 0 bridgehead atoms. The fourth-order valence-electron chi connectivity index (χ4n) is 1.42. The first-order chi connectivity index (χ1) is 5.97. The van der Waals surface area contributed by atoms with Crippen molar-refractivity contribution in [1.29, 1.82) is 0 Å². The zero-order chi connectivity index (χ0) is 9.95. The van der Waals surface area contributed by atoms with E-state index in [1.807, 2.05) is 0 Å². The van der Waals surface area contributed by atoms with Crippen molar-refractivity contribution in [2.24, 2.45) is 5.41 Å². The average Bonchev–Trinajstić information content (AvgIpc) is 1.97. The van der Waals surface area contributed by atoms with E-state index in [-0.39, 0.29) is 17.0 Å². The van der Waals surface area contributed by atoms with Crippen LogP contribution in [0.15, 0.2) is 0 Å². The topological polar surface area (TPSA) is 46.2 Å². The summed E-state index contributed by atoms with van der Waals surface area (Å²) in [6.45, 7) is 2.67. The minimum absolute atomic E-state index is 0.0185. The van der Waals surface area contributed by atoms with Crippen molar-refractivity contribution in [2.75, 3.05) is 18.2 Å². The van der Waals surface area contributed by atoms with E-state index >= 15 is 0 Å². The molecule has 1 aliphatic rings. The van der Waals surface area contributed by atoms with Gasteiger partial charge in [-0.1, -0.05) is 13.3 Å². The molecular formula is C8H16ClNO2S. The van der Waals surface area contributed by atoms with Gasteiger partial charge in [0.2, 0.25) is 10.0 Å². The summed E-state index contributed by atoms with van der Waals surface area (Å²) in [6.07, 6.45) is 3.46. The van der Waals surface area contributed by atoms with Gasteiger partial charge in [0.15, 0.2) is 0 Å². The molecule has 0 aromatic rings. The molecule has 0 amide bonds. The molecule has 0 atom stereocenters. The van der Waals surface area contributed by atoms with Crippen LogP contribution in [0.1, 0.15) is 26.2 Å². The van der Waals surface area contributed by atoms with Crippen LogP contribution in [0.3, 0.4) is 0 Å². The molecule has 0 aliphatic heterocycles. The Kier molecular flexibility index (Phi) is 3.60. The lowest BCUT2D eigenvalue weighted by Gasteiger charge is -2.38. The number of hydrogen-bond donors (Lipinski definition) is 1. The molecule has 1 saturated carbocycles. The first-order valence-electron chi connectivity index (χ1n) is 4.51. The summed E-state index contributed by atoms with van der Waals surface area (Å²) in [5, 5.41) is 0. The molecule has 3 nitrogen and oxygen atoms in total. The van der Waals surface area contributed by atoms with E-state index in [0.29, 0.717) is 6.54 Å². The molecule has 0 radical (unpaired) electrons. The number of alkyl halides is 1. The van der Waals surface area contributed by atoms with Gasteiger partial charge in [0.05, 0.1) is 5.75 Å². The van der Waals surface area contributed by atoms with E-state index in [2.05, 4.69) is 11.6 Å². The van der Waals surface area contributed by atoms with E-state index < -0.39 is 10.0 Å². The summed E-state index contributed by atoms with van der Waals surface area (Å²) in [7, 11) is -3.12. The zero-order valence-electron chi connectivity index (χ0n) is 7.85. The van der Waals surface area contributed by atoms with Crippen molar-refractivity contribution in [3.8, 4) is 0 Å². The minimum atomic E-state index is -3.12. The first-order valence-corrected chi connectivity index (χ1v) is 6.69. The van der Waals surface area contributed by atoms with Gasteiger partial charge < -0.3 is 0 Å². The summed E-state index contributed by atoms with van der Waals surface area (Å²) in [4.78, 5) is 0. The maximum atomic E-state index is 11.2. The van der Waals surface area contributed by atoms with Gasteiger partial charge in [0, 0.05) is 12.4 Å². The fraction of sp³-hybridized carbons (Fsp3) is 1.00. The summed E-state index contributed by atoms with van der Waals surface area (Å²) in [5.41, 5.74) is 0.194. The molecule has 78 valence electrons. The van der Waals surface area contributed by atoms with Gasteiger partial charge in [0.25, 0.3) is 0 Å². The second kappa shape index (κ2) is 4.15. The lowest BCUT2D eigenvalue weighted by molar-refractivity contribution is 0.166. The number of halogens is 1. The van der Waals surface area contributed by atoms with E-state index in [4.69, 9.17) is 11.6 Å². The third-order valence-corrected chi connectivity index (χ3v) is 4.36. The van der Waals surface area contributed by atoms with Gasteiger partial charge in [-0.2, -0.15) is 0 Å². The smallest absolute Gasteiger partial charge is 0.212 e. The van der Waals surface area contributed by atoms with Crippen LogP contribution in [0, 0.1) is 5.41 Å². The highest BCUT2D eigenvalue weighted by molar-refractivity contribution is 7.89. The van der Waals surface area contributed by atoms with Crippen LogP contribution >= 0.6 is 11.6 Å². The van der Waals surface area contributed by atoms with E-state index in [1.165, 1.54) is 6.42 Å². The lowest BCUT2D eigenvalue weighted by Crippen LogP contribution is -2.40. The van der Waals surface area contributed by atoms with Gasteiger partial charge in [-0.05, 0) is 18.3 Å². The molecule has 13 heavy (non-hydrogen) atoms. The monoisotopic (exact) mass is 225 g/mol. The molecule has 0 heterocycles. The molecule has 0 spiro atoms. The molecule has 1 rings (SSSR count). The number of rotatable bonds is 5. The largest absolute Gasteiger partial charge is 0.215 e. The first kappa shape index (κ1) is 11.3. The van der Waals surface area contributed by atoms with Crippen molar-refractivity contribution in [3.63, 3.8) is 0 Å². The standard InChI is InChI=1S/C8H16ClNO2S/c1-8(3-2-4-8)7-10-13(11,12)6-5-9/h10H,2-7H2,1H3. The van der Waals surface area contributed by atoms with Crippen LogP contribution in [-0.4, -0.2) is 26.6 Å². The number of nitrogens with one attached hydrogen (secondary N) is 1. The molecule has 1 fully saturated rings. The highest BCUT2D eigenvalue weighted by Gasteiger charge is 2.32. The minimum Gasteiger partial charge on any atom is -0.215 e. The Labute approximate surface area is 84.9 Å². The van der Waals surface area contributed by atoms with E-state index in [0.717, 1.165) is 12.8 Å². The normalized spacial score (nSPS) is 21.1. The quantitative estimate of drug-likeness (QED) is 0.718. The molecule has 1 N–H and O–H groups in total. The Hall–Kier alpha value is 0.200. The van der Waals surface area contributed by atoms with Crippen LogP contribution in [0.2, 0.25) is 0 Å². The van der Waals surface area contributed by atoms with Crippen LogP contribution in [0.5, 0.6) is 0 Å². The molecule has 0 saturated heterocycles. The summed E-state index contributed by atoms with van der Waals surface area (Å²) in [5.74, 6) is 0.177. The Balaban J connectivity index is 2.33. The molecule has 0 unspecified atom stereocenters. The Bertz CT molecular complexity index is 259. The molecule has 1 aliphatic carbocycles. The molecule has 0 aromatic carbocycles. The zero-order valence-corrected chi connectivity index (χ0v) is 9.42. The predicted octanol–water partition coefficient (Wildman–Crippen LogP) is 1.33. The summed E-state index contributed by atoms with van der Waals surface area (Å²) in [6, 6.07) is 0. The Morgan fingerprint density at radius 3 is 2.46 bits per heavy atom.